The molecule has 0 aliphatic heterocycles. The zero-order valence-electron chi connectivity index (χ0n) is 18.5. The zero-order chi connectivity index (χ0) is 23.1. The van der Waals surface area contributed by atoms with Crippen molar-refractivity contribution < 1.29 is 24.2 Å². The lowest BCUT2D eigenvalue weighted by Gasteiger charge is -2.22. The second kappa shape index (κ2) is 10.8. The Bertz CT molecular complexity index is 929. The molecule has 0 heterocycles. The minimum absolute atomic E-state index is 0.0263. The topological polar surface area (TPSA) is 95.9 Å². The number of carboxylic acid groups (broad SMARTS) is 1. The van der Waals surface area contributed by atoms with E-state index in [1.54, 1.807) is 7.05 Å². The summed E-state index contributed by atoms with van der Waals surface area (Å²) in [6.45, 7) is 2.33. The molecular formula is C25H30N2O5. The zero-order valence-corrected chi connectivity index (χ0v) is 18.5. The maximum Gasteiger partial charge on any atom is 0.407 e. The highest BCUT2D eigenvalue weighted by molar-refractivity contribution is 5.80. The first-order valence-corrected chi connectivity index (χ1v) is 11.0. The average molecular weight is 439 g/mol. The van der Waals surface area contributed by atoms with E-state index in [1.807, 2.05) is 31.2 Å². The lowest BCUT2D eigenvalue weighted by atomic mass is 9.98. The number of carbonyl (C=O) groups is 3. The first-order chi connectivity index (χ1) is 15.4. The Labute approximate surface area is 188 Å². The van der Waals surface area contributed by atoms with Gasteiger partial charge in [-0.05, 0) is 28.7 Å². The maximum absolute atomic E-state index is 12.5. The largest absolute Gasteiger partial charge is 0.481 e. The van der Waals surface area contributed by atoms with E-state index in [-0.39, 0.29) is 43.9 Å². The van der Waals surface area contributed by atoms with Gasteiger partial charge in [0.2, 0.25) is 5.91 Å². The van der Waals surface area contributed by atoms with Gasteiger partial charge in [0.05, 0.1) is 6.42 Å². The van der Waals surface area contributed by atoms with Crippen LogP contribution in [-0.2, 0) is 14.3 Å². The smallest absolute Gasteiger partial charge is 0.407 e. The Hall–Kier alpha value is -3.35. The average Bonchev–Trinajstić information content (AvgIpc) is 3.10. The van der Waals surface area contributed by atoms with E-state index in [0.717, 1.165) is 28.7 Å². The third-order valence-electron chi connectivity index (χ3n) is 5.81. The van der Waals surface area contributed by atoms with Crippen molar-refractivity contribution in [3.8, 4) is 11.1 Å². The number of aliphatic carboxylic acids is 1. The number of nitrogens with zero attached hydrogens (tertiary/aromatic N) is 1. The molecule has 0 radical (unpaired) electrons. The standard InChI is InChI=1S/C25H30N2O5/c1-3-8-17(15-23(28)27(2)14-13-24(29)30)26-25(31)32-16-22-20-11-6-4-9-18(20)19-10-5-7-12-21(19)22/h4-7,9-12,17,22H,3,8,13-16H2,1-2H3,(H,26,31)(H,29,30). The number of carboxylic acids is 1. The van der Waals surface area contributed by atoms with Gasteiger partial charge in [0.25, 0.3) is 0 Å². The molecule has 0 spiro atoms. The molecule has 7 heteroatoms. The van der Waals surface area contributed by atoms with Crippen LogP contribution in [0.2, 0.25) is 0 Å². The van der Waals surface area contributed by atoms with E-state index in [0.29, 0.717) is 6.42 Å². The summed E-state index contributed by atoms with van der Waals surface area (Å²) < 4.78 is 5.58. The number of hydrogen-bond donors (Lipinski definition) is 2. The minimum Gasteiger partial charge on any atom is -0.481 e. The second-order valence-electron chi connectivity index (χ2n) is 8.12. The third kappa shape index (κ3) is 5.66. The van der Waals surface area contributed by atoms with Gasteiger partial charge in [-0.1, -0.05) is 61.9 Å². The maximum atomic E-state index is 12.5. The van der Waals surface area contributed by atoms with Crippen LogP contribution < -0.4 is 5.32 Å². The SMILES string of the molecule is CCCC(CC(=O)N(C)CCC(=O)O)NC(=O)OCC1c2ccccc2-c2ccccc21. The Morgan fingerprint density at radius 2 is 1.66 bits per heavy atom. The first kappa shape index (κ1) is 23.3. The summed E-state index contributed by atoms with van der Waals surface area (Å²) in [5, 5.41) is 11.6. The quantitative estimate of drug-likeness (QED) is 0.584. The molecule has 2 aromatic carbocycles. The molecule has 0 saturated heterocycles. The summed E-state index contributed by atoms with van der Waals surface area (Å²) in [4.78, 5) is 37.0. The Morgan fingerprint density at radius 1 is 1.06 bits per heavy atom. The number of fused-ring (bicyclic) bond motifs is 3. The molecule has 0 bridgehead atoms. The number of alkyl carbamates (subject to hydrolysis) is 1. The molecule has 3 rings (SSSR count). The van der Waals surface area contributed by atoms with Crippen LogP contribution in [-0.4, -0.2) is 54.2 Å². The third-order valence-corrected chi connectivity index (χ3v) is 5.81. The summed E-state index contributed by atoms with van der Waals surface area (Å²) in [6, 6.07) is 15.9. The number of rotatable bonds is 10. The molecular weight excluding hydrogens is 408 g/mol. The van der Waals surface area contributed by atoms with E-state index >= 15 is 0 Å². The summed E-state index contributed by atoms with van der Waals surface area (Å²) in [6.07, 6.45) is 0.865. The van der Waals surface area contributed by atoms with Crippen molar-refractivity contribution in [1.29, 1.82) is 0 Å². The van der Waals surface area contributed by atoms with E-state index < -0.39 is 12.1 Å². The van der Waals surface area contributed by atoms with Crippen LogP contribution in [0.4, 0.5) is 4.79 Å². The molecule has 1 aliphatic rings. The lowest BCUT2D eigenvalue weighted by molar-refractivity contribution is -0.138. The van der Waals surface area contributed by atoms with Crippen molar-refractivity contribution in [3.63, 3.8) is 0 Å². The molecule has 2 amide bonds. The summed E-state index contributed by atoms with van der Waals surface area (Å²) in [5.74, 6) is -1.18. The first-order valence-electron chi connectivity index (χ1n) is 11.0. The Morgan fingerprint density at radius 3 is 2.22 bits per heavy atom. The molecule has 170 valence electrons. The molecule has 1 unspecified atom stereocenters. The van der Waals surface area contributed by atoms with Crippen molar-refractivity contribution in [1.82, 2.24) is 10.2 Å². The Balaban J connectivity index is 1.58. The molecule has 1 atom stereocenters. The molecule has 0 saturated carbocycles. The van der Waals surface area contributed by atoms with Crippen molar-refractivity contribution >= 4 is 18.0 Å². The molecule has 32 heavy (non-hydrogen) atoms. The molecule has 7 nitrogen and oxygen atoms in total. The van der Waals surface area contributed by atoms with Gasteiger partial charge >= 0.3 is 12.1 Å². The van der Waals surface area contributed by atoms with Gasteiger partial charge in [0.1, 0.15) is 6.61 Å². The minimum atomic E-state index is -0.952. The fraction of sp³-hybridized carbons (Fsp3) is 0.400. The fourth-order valence-electron chi connectivity index (χ4n) is 4.14. The molecule has 2 N–H and O–H groups in total. The van der Waals surface area contributed by atoms with E-state index in [4.69, 9.17) is 9.84 Å². The number of nitrogens with one attached hydrogen (secondary N) is 1. The van der Waals surface area contributed by atoms with E-state index in [2.05, 4.69) is 29.6 Å². The van der Waals surface area contributed by atoms with Crippen LogP contribution in [0.25, 0.3) is 11.1 Å². The number of amides is 2. The second-order valence-corrected chi connectivity index (χ2v) is 8.12. The van der Waals surface area contributed by atoms with Gasteiger partial charge in [0.15, 0.2) is 0 Å². The van der Waals surface area contributed by atoms with Crippen LogP contribution in [0.5, 0.6) is 0 Å². The van der Waals surface area contributed by atoms with E-state index in [1.165, 1.54) is 4.90 Å². The Kier molecular flexibility index (Phi) is 7.87. The van der Waals surface area contributed by atoms with Crippen LogP contribution >= 0.6 is 0 Å². The summed E-state index contributed by atoms with van der Waals surface area (Å²) in [5.41, 5.74) is 4.61. The summed E-state index contributed by atoms with van der Waals surface area (Å²) in [7, 11) is 1.57. The van der Waals surface area contributed by atoms with Crippen LogP contribution in [0.1, 0.15) is 49.7 Å². The van der Waals surface area contributed by atoms with Gasteiger partial charge < -0.3 is 20.1 Å². The van der Waals surface area contributed by atoms with Crippen LogP contribution in [0.15, 0.2) is 48.5 Å². The number of carbonyl (C=O) groups excluding carboxylic acids is 2. The number of benzene rings is 2. The fourth-order valence-corrected chi connectivity index (χ4v) is 4.14. The van der Waals surface area contributed by atoms with Gasteiger partial charge in [-0.3, -0.25) is 9.59 Å². The van der Waals surface area contributed by atoms with Gasteiger partial charge in [-0.2, -0.15) is 0 Å². The predicted molar refractivity (Wildman–Crippen MR) is 121 cm³/mol. The van der Waals surface area contributed by atoms with Gasteiger partial charge in [0, 0.05) is 32.0 Å². The summed E-state index contributed by atoms with van der Waals surface area (Å²) >= 11 is 0. The highest BCUT2D eigenvalue weighted by atomic mass is 16.5. The van der Waals surface area contributed by atoms with Crippen LogP contribution in [0.3, 0.4) is 0 Å². The molecule has 0 aromatic heterocycles. The number of hydrogen-bond acceptors (Lipinski definition) is 4. The molecule has 1 aliphatic carbocycles. The molecule has 0 fully saturated rings. The highest BCUT2D eigenvalue weighted by Crippen LogP contribution is 2.44. The highest BCUT2D eigenvalue weighted by Gasteiger charge is 2.29. The van der Waals surface area contributed by atoms with Crippen LogP contribution in [0, 0.1) is 0 Å². The van der Waals surface area contributed by atoms with Crippen molar-refractivity contribution in [3.05, 3.63) is 59.7 Å². The monoisotopic (exact) mass is 438 g/mol. The number of ether oxygens (including phenoxy) is 1. The lowest BCUT2D eigenvalue weighted by Crippen LogP contribution is -2.40. The van der Waals surface area contributed by atoms with Gasteiger partial charge in [-0.15, -0.1) is 0 Å². The van der Waals surface area contributed by atoms with Crippen molar-refractivity contribution in [2.75, 3.05) is 20.2 Å². The van der Waals surface area contributed by atoms with Crippen molar-refractivity contribution in [2.45, 2.75) is 44.6 Å². The predicted octanol–water partition coefficient (Wildman–Crippen LogP) is 4.02. The van der Waals surface area contributed by atoms with E-state index in [9.17, 15) is 14.4 Å². The normalized spacial score (nSPS) is 13.1. The van der Waals surface area contributed by atoms with Gasteiger partial charge in [-0.25, -0.2) is 4.79 Å². The van der Waals surface area contributed by atoms with Crippen molar-refractivity contribution in [2.24, 2.45) is 0 Å². The molecule has 2 aromatic rings.